The fourth-order valence-electron chi connectivity index (χ4n) is 2.47. The Bertz CT molecular complexity index is 370. The Balaban J connectivity index is 1.77. The number of aliphatic carboxylic acids is 1. The molecular weight excluding hydrogens is 244 g/mol. The van der Waals surface area contributed by atoms with Crippen molar-refractivity contribution < 1.29 is 14.6 Å². The number of hydrogen-bond donors (Lipinski definition) is 3. The van der Waals surface area contributed by atoms with E-state index in [-0.39, 0.29) is 0 Å². The summed E-state index contributed by atoms with van der Waals surface area (Å²) in [4.78, 5) is 13.1. The van der Waals surface area contributed by atoms with Gasteiger partial charge in [-0.05, 0) is 6.92 Å². The predicted molar refractivity (Wildman–Crippen MR) is 61.7 cm³/mol. The summed E-state index contributed by atoms with van der Waals surface area (Å²) in [7, 11) is 1.66. The number of carbonyl (C=O) groups is 1. The van der Waals surface area contributed by atoms with Gasteiger partial charge < -0.3 is 9.84 Å². The first-order chi connectivity index (χ1) is 8.01. The molecule has 0 saturated carbocycles. The molecule has 0 aliphatic carbocycles. The Morgan fingerprint density at radius 3 is 3.00 bits per heavy atom. The first-order valence-electron chi connectivity index (χ1n) is 5.50. The monoisotopic (exact) mass is 260 g/mol. The molecule has 3 aliphatic heterocycles. The maximum absolute atomic E-state index is 11.1. The van der Waals surface area contributed by atoms with Crippen molar-refractivity contribution in [1.29, 1.82) is 0 Å². The van der Waals surface area contributed by atoms with Gasteiger partial charge in [0.2, 0.25) is 0 Å². The lowest BCUT2D eigenvalue weighted by atomic mass is 10.2. The zero-order chi connectivity index (χ0) is 12.3. The van der Waals surface area contributed by atoms with E-state index in [1.54, 1.807) is 18.9 Å². The summed E-state index contributed by atoms with van der Waals surface area (Å²) in [5.74, 6) is -0.152. The molecule has 3 unspecified atom stereocenters. The van der Waals surface area contributed by atoms with E-state index in [0.717, 1.165) is 0 Å². The van der Waals surface area contributed by atoms with Gasteiger partial charge in [0.15, 0.2) is 5.12 Å². The second-order valence-electron chi connectivity index (χ2n) is 4.71. The van der Waals surface area contributed by atoms with Crippen molar-refractivity contribution in [2.75, 3.05) is 26.1 Å². The largest absolute Gasteiger partial charge is 0.480 e. The fraction of sp³-hybridized carbons (Fsp3) is 0.889. The second-order valence-corrected chi connectivity index (χ2v) is 5.90. The number of rotatable bonds is 2. The van der Waals surface area contributed by atoms with Crippen molar-refractivity contribution in [1.82, 2.24) is 20.7 Å². The van der Waals surface area contributed by atoms with Crippen LogP contribution in [-0.2, 0) is 9.53 Å². The fourth-order valence-corrected chi connectivity index (χ4v) is 3.96. The summed E-state index contributed by atoms with van der Waals surface area (Å²) in [6.45, 7) is 3.19. The third-order valence-corrected chi connectivity index (χ3v) is 5.11. The molecule has 0 radical (unpaired) electrons. The molecule has 3 rings (SSSR count). The lowest BCUT2D eigenvalue weighted by Gasteiger charge is -2.62. The van der Waals surface area contributed by atoms with Crippen LogP contribution in [0.1, 0.15) is 6.92 Å². The lowest BCUT2D eigenvalue weighted by molar-refractivity contribution is -0.260. The Hall–Kier alpha value is -0.380. The molecule has 0 bridgehead atoms. The quantitative estimate of drug-likeness (QED) is 0.574. The number of carboxylic acids is 1. The van der Waals surface area contributed by atoms with Crippen LogP contribution in [0.5, 0.6) is 0 Å². The van der Waals surface area contributed by atoms with E-state index in [0.29, 0.717) is 19.0 Å². The number of thioether (sulfide) groups is 1. The Morgan fingerprint density at radius 2 is 2.41 bits per heavy atom. The molecule has 96 valence electrons. The topological polar surface area (TPSA) is 77.1 Å². The zero-order valence-electron chi connectivity index (χ0n) is 9.77. The molecule has 7 nitrogen and oxygen atoms in total. The molecule has 3 aliphatic rings. The summed E-state index contributed by atoms with van der Waals surface area (Å²) in [6, 6.07) is -0.405. The van der Waals surface area contributed by atoms with Crippen LogP contribution in [0.25, 0.3) is 0 Å². The second kappa shape index (κ2) is 3.56. The van der Waals surface area contributed by atoms with E-state index in [1.807, 2.05) is 16.8 Å². The SMILES string of the molecule is COC1(C)CNC23SCC(C(=O)O)N2CN3N1. The first kappa shape index (κ1) is 11.7. The molecule has 3 saturated heterocycles. The minimum absolute atomic E-state index is 0.402. The van der Waals surface area contributed by atoms with Crippen LogP contribution in [0.3, 0.4) is 0 Å². The van der Waals surface area contributed by atoms with Gasteiger partial charge in [0.1, 0.15) is 11.8 Å². The summed E-state index contributed by atoms with van der Waals surface area (Å²) >= 11 is 1.61. The number of methoxy groups -OCH3 is 1. The smallest absolute Gasteiger partial charge is 0.321 e. The molecule has 3 fully saturated rings. The molecule has 3 heterocycles. The highest BCUT2D eigenvalue weighted by molar-refractivity contribution is 8.00. The van der Waals surface area contributed by atoms with Crippen LogP contribution in [0.2, 0.25) is 0 Å². The summed E-state index contributed by atoms with van der Waals surface area (Å²) in [6.07, 6.45) is 0. The lowest BCUT2D eigenvalue weighted by Crippen LogP contribution is -2.87. The van der Waals surface area contributed by atoms with Crippen LogP contribution in [-0.4, -0.2) is 63.9 Å². The van der Waals surface area contributed by atoms with Crippen molar-refractivity contribution in [3.8, 4) is 0 Å². The van der Waals surface area contributed by atoms with Crippen LogP contribution < -0.4 is 10.7 Å². The van der Waals surface area contributed by atoms with Crippen LogP contribution >= 0.6 is 11.8 Å². The van der Waals surface area contributed by atoms with Crippen LogP contribution in [0.15, 0.2) is 0 Å². The number of nitrogens with one attached hydrogen (secondary N) is 2. The number of ether oxygens (including phenoxy) is 1. The minimum atomic E-state index is -0.754. The number of hydrogen-bond acceptors (Lipinski definition) is 7. The average molecular weight is 260 g/mol. The minimum Gasteiger partial charge on any atom is -0.480 e. The van der Waals surface area contributed by atoms with Crippen molar-refractivity contribution in [2.45, 2.75) is 23.8 Å². The molecule has 3 N–H and O–H groups in total. The van der Waals surface area contributed by atoms with E-state index >= 15 is 0 Å². The van der Waals surface area contributed by atoms with Gasteiger partial charge >= 0.3 is 5.97 Å². The van der Waals surface area contributed by atoms with Gasteiger partial charge in [-0.3, -0.25) is 10.1 Å². The Labute approximate surface area is 103 Å². The first-order valence-corrected chi connectivity index (χ1v) is 6.48. The van der Waals surface area contributed by atoms with Gasteiger partial charge in [-0.1, -0.05) is 0 Å². The van der Waals surface area contributed by atoms with Gasteiger partial charge in [-0.2, -0.15) is 5.01 Å². The molecule has 0 aromatic rings. The van der Waals surface area contributed by atoms with E-state index in [2.05, 4.69) is 10.7 Å². The summed E-state index contributed by atoms with van der Waals surface area (Å²) in [5, 5.41) is 14.1. The van der Waals surface area contributed by atoms with E-state index in [9.17, 15) is 4.79 Å². The molecule has 17 heavy (non-hydrogen) atoms. The highest BCUT2D eigenvalue weighted by Gasteiger charge is 2.64. The molecule has 1 spiro atoms. The maximum Gasteiger partial charge on any atom is 0.321 e. The van der Waals surface area contributed by atoms with E-state index in [4.69, 9.17) is 9.84 Å². The van der Waals surface area contributed by atoms with Crippen molar-refractivity contribution >= 4 is 17.7 Å². The highest BCUT2D eigenvalue weighted by atomic mass is 32.2. The predicted octanol–water partition coefficient (Wildman–Crippen LogP) is -1.16. The van der Waals surface area contributed by atoms with Gasteiger partial charge in [0.05, 0.1) is 6.67 Å². The molecule has 0 amide bonds. The maximum atomic E-state index is 11.1. The summed E-state index contributed by atoms with van der Waals surface area (Å²) < 4.78 is 5.39. The number of hydrazine groups is 1. The van der Waals surface area contributed by atoms with Crippen molar-refractivity contribution in [3.05, 3.63) is 0 Å². The molecular formula is C9H16N4O3S. The Kier molecular flexibility index (Phi) is 2.45. The third kappa shape index (κ3) is 1.46. The van der Waals surface area contributed by atoms with Crippen LogP contribution in [0.4, 0.5) is 0 Å². The van der Waals surface area contributed by atoms with Crippen LogP contribution in [0, 0.1) is 0 Å². The molecule has 0 aromatic carbocycles. The number of nitrogens with zero attached hydrogens (tertiary/aromatic N) is 2. The number of carboxylic acid groups (broad SMARTS) is 1. The van der Waals surface area contributed by atoms with Gasteiger partial charge in [0.25, 0.3) is 0 Å². The molecule has 0 aromatic heterocycles. The van der Waals surface area contributed by atoms with Gasteiger partial charge in [0, 0.05) is 19.4 Å². The normalized spacial score (nSPS) is 46.1. The zero-order valence-corrected chi connectivity index (χ0v) is 10.6. The van der Waals surface area contributed by atoms with E-state index < -0.39 is 22.9 Å². The van der Waals surface area contributed by atoms with Gasteiger partial charge in [-0.15, -0.1) is 11.8 Å². The third-order valence-electron chi connectivity index (χ3n) is 3.63. The van der Waals surface area contributed by atoms with Crippen molar-refractivity contribution in [2.24, 2.45) is 0 Å². The summed E-state index contributed by atoms with van der Waals surface area (Å²) in [5.41, 5.74) is 2.86. The standard InChI is InChI=1S/C9H16N4O3S/c1-8(16-2)4-10-9-12(5-13(9)11-8)6(3-17-9)7(14)15/h6,10-11H,3-5H2,1-2H3,(H,14,15). The van der Waals surface area contributed by atoms with Crippen molar-refractivity contribution in [3.63, 3.8) is 0 Å². The van der Waals surface area contributed by atoms with Gasteiger partial charge in [-0.25, -0.2) is 10.3 Å². The van der Waals surface area contributed by atoms with E-state index in [1.165, 1.54) is 0 Å². The highest BCUT2D eigenvalue weighted by Crippen LogP contribution is 2.47. The Morgan fingerprint density at radius 1 is 1.65 bits per heavy atom. The average Bonchev–Trinajstić information content (AvgIpc) is 2.54. The molecule has 8 heteroatoms. The molecule has 3 atom stereocenters.